The molecule has 0 saturated carbocycles. The van der Waals surface area contributed by atoms with Crippen LogP contribution in [0.2, 0.25) is 0 Å². The van der Waals surface area contributed by atoms with Crippen molar-refractivity contribution in [2.45, 2.75) is 99.1 Å². The standard InChI is InChI=1S/C48H63N7O14/c1-24-12-11-13-25(2)47(63)51-38-32(22-50-53-18-15-52(16-19-53)17-20-54-30(7)49-23-34(54)55(64)65)42(60)35-36(43(38)61)41(59)29(6)45-37(35)46(62)48(9,69-45)67-21-14-33(66-10)26(3)44(68-31(8)56)28(5)40(58)27(4)39(24)57/h11-14,21-24,26-28,33,39-40,44,57-61H,15-20H2,1-10H3,(H,51,63)/b12-11+,21-14+,25-13-,50-22+/t24-,26+,27+,28+,33-,39-,40+,44+,48-/m0/s1. The number of Topliss-reactive ketones (excluding diaryl/α,β-unsaturated/α-hetero) is 1. The van der Waals surface area contributed by atoms with E-state index in [1.807, 2.05) is 0 Å². The maximum Gasteiger partial charge on any atom is 0.342 e. The second-order valence-electron chi connectivity index (χ2n) is 18.2. The molecule has 1 aromatic heterocycles. The van der Waals surface area contributed by atoms with Crippen LogP contribution in [0.25, 0.3) is 10.8 Å². The molecule has 5 heterocycles. The summed E-state index contributed by atoms with van der Waals surface area (Å²) in [6.45, 7) is 16.7. The number of anilines is 1. The fourth-order valence-electron chi connectivity index (χ4n) is 9.21. The highest BCUT2D eigenvalue weighted by atomic mass is 16.7. The number of nitrogens with one attached hydrogen (secondary N) is 1. The van der Waals surface area contributed by atoms with Gasteiger partial charge in [-0.25, -0.2) is 9.55 Å². The van der Waals surface area contributed by atoms with Crippen molar-refractivity contribution in [3.8, 4) is 23.0 Å². The number of esters is 1. The van der Waals surface area contributed by atoms with Gasteiger partial charge in [-0.05, 0) is 24.8 Å². The Morgan fingerprint density at radius 1 is 0.986 bits per heavy atom. The number of hydrogen-bond acceptors (Lipinski definition) is 18. The number of aliphatic hydroxyl groups excluding tert-OH is 2. The van der Waals surface area contributed by atoms with E-state index in [0.29, 0.717) is 45.1 Å². The van der Waals surface area contributed by atoms with Crippen LogP contribution in [0.4, 0.5) is 11.5 Å². The van der Waals surface area contributed by atoms with E-state index in [2.05, 4.69) is 20.3 Å². The Morgan fingerprint density at radius 3 is 2.30 bits per heavy atom. The molecule has 3 aromatic rings. The molecule has 0 radical (unpaired) electrons. The number of imidazole rings is 1. The highest BCUT2D eigenvalue weighted by molar-refractivity contribution is 6.23. The number of ketones is 1. The molecule has 374 valence electrons. The fourth-order valence-corrected chi connectivity index (χ4v) is 9.21. The van der Waals surface area contributed by atoms with E-state index in [1.165, 1.54) is 65.6 Å². The second kappa shape index (κ2) is 21.0. The highest BCUT2D eigenvalue weighted by Gasteiger charge is 2.50. The lowest BCUT2D eigenvalue weighted by molar-refractivity contribution is -0.392. The van der Waals surface area contributed by atoms with Crippen LogP contribution >= 0.6 is 0 Å². The van der Waals surface area contributed by atoms with Gasteiger partial charge in [0.25, 0.3) is 11.7 Å². The summed E-state index contributed by atoms with van der Waals surface area (Å²) in [5.74, 6) is -8.41. The number of carbonyl (C=O) groups is 3. The first-order chi connectivity index (χ1) is 32.5. The summed E-state index contributed by atoms with van der Waals surface area (Å²) in [6.07, 6.45) is 5.80. The minimum atomic E-state index is -2.10. The zero-order valence-corrected chi connectivity index (χ0v) is 40.5. The Morgan fingerprint density at radius 2 is 1.67 bits per heavy atom. The van der Waals surface area contributed by atoms with Crippen molar-refractivity contribution < 1.29 is 63.8 Å². The average Bonchev–Trinajstić information content (AvgIpc) is 3.82. The van der Waals surface area contributed by atoms with Crippen LogP contribution < -0.4 is 10.1 Å². The number of hydrogen-bond donors (Lipinski definition) is 6. The maximum absolute atomic E-state index is 14.6. The molecular weight excluding hydrogens is 899 g/mol. The lowest BCUT2D eigenvalue weighted by Gasteiger charge is -2.38. The number of piperazine rings is 1. The largest absolute Gasteiger partial charge is 0.507 e. The molecule has 2 aromatic carbocycles. The molecule has 4 aliphatic heterocycles. The first-order valence-corrected chi connectivity index (χ1v) is 22.8. The number of rotatable bonds is 8. The van der Waals surface area contributed by atoms with Gasteiger partial charge >= 0.3 is 17.6 Å². The Kier molecular flexibility index (Phi) is 15.8. The van der Waals surface area contributed by atoms with Gasteiger partial charge in [-0.2, -0.15) is 5.10 Å². The van der Waals surface area contributed by atoms with Crippen LogP contribution in [0.15, 0.2) is 47.4 Å². The molecule has 6 N–H and O–H groups in total. The van der Waals surface area contributed by atoms with Crippen molar-refractivity contribution in [1.29, 1.82) is 0 Å². The normalized spacial score (nSPS) is 29.1. The van der Waals surface area contributed by atoms with Crippen LogP contribution in [0.1, 0.15) is 75.8 Å². The SMILES string of the molecule is CO[C@H]1/C=C/O[C@@]2(C)Oc3c(C)c(O)c4c(O)c(c(/C=N/N5CCN(CCn6c([N+](=O)[O-])cnc6C)CC5)c(O)c4c3C2=O)NC(=O)/C(C)=C\C=C\[C@H](C)[C@H](O)[C@@H](C)[C@@H](O)[C@@H](C)[C@H](OC(C)=O)[C@@H]1C. The van der Waals surface area contributed by atoms with Crippen LogP contribution in [0.3, 0.4) is 0 Å². The predicted molar refractivity (Wildman–Crippen MR) is 253 cm³/mol. The van der Waals surface area contributed by atoms with Gasteiger partial charge in [-0.15, -0.1) is 0 Å². The number of amides is 1. The number of methoxy groups -OCH3 is 1. The minimum absolute atomic E-state index is 0.0173. The van der Waals surface area contributed by atoms with E-state index in [-0.39, 0.29) is 50.3 Å². The quantitative estimate of drug-likeness (QED) is 0.0441. The number of carbonyl (C=O) groups excluding carboxylic acids is 3. The molecule has 0 aliphatic carbocycles. The van der Waals surface area contributed by atoms with Crippen LogP contribution in [-0.2, 0) is 30.3 Å². The van der Waals surface area contributed by atoms with E-state index in [1.54, 1.807) is 56.3 Å². The number of nitro groups is 1. The maximum atomic E-state index is 14.6. The van der Waals surface area contributed by atoms with E-state index >= 15 is 0 Å². The number of phenolic OH excluding ortho intramolecular Hbond substituents is 3. The van der Waals surface area contributed by atoms with Crippen LogP contribution in [0.5, 0.6) is 23.0 Å². The summed E-state index contributed by atoms with van der Waals surface area (Å²) in [4.78, 5) is 58.1. The fraction of sp³-hybridized carbons (Fsp3) is 0.521. The van der Waals surface area contributed by atoms with E-state index in [4.69, 9.17) is 18.9 Å². The van der Waals surface area contributed by atoms with Gasteiger partial charge in [-0.3, -0.25) is 24.3 Å². The lowest BCUT2D eigenvalue weighted by Crippen LogP contribution is -2.46. The van der Waals surface area contributed by atoms with E-state index in [9.17, 15) is 50.0 Å². The molecule has 21 heteroatoms. The zero-order valence-electron chi connectivity index (χ0n) is 40.5. The van der Waals surface area contributed by atoms with Crippen molar-refractivity contribution in [2.75, 3.05) is 45.2 Å². The summed E-state index contributed by atoms with van der Waals surface area (Å²) < 4.78 is 25.2. The third kappa shape index (κ3) is 10.4. The summed E-state index contributed by atoms with van der Waals surface area (Å²) in [6, 6.07) is 0. The first-order valence-electron chi connectivity index (χ1n) is 22.8. The van der Waals surface area contributed by atoms with E-state index in [0.717, 1.165) is 0 Å². The molecule has 4 aliphatic rings. The number of aromatic hydroxyl groups is 3. The van der Waals surface area contributed by atoms with Gasteiger partial charge < -0.3 is 59.9 Å². The monoisotopic (exact) mass is 961 g/mol. The summed E-state index contributed by atoms with van der Waals surface area (Å²) >= 11 is 0. The summed E-state index contributed by atoms with van der Waals surface area (Å²) in [7, 11) is 1.42. The second-order valence-corrected chi connectivity index (χ2v) is 18.2. The Hall–Kier alpha value is -6.55. The number of phenols is 3. The Bertz CT molecular complexity index is 2600. The summed E-state index contributed by atoms with van der Waals surface area (Å²) in [5, 5.41) is 78.8. The predicted octanol–water partition coefficient (Wildman–Crippen LogP) is 4.82. The van der Waals surface area contributed by atoms with Gasteiger partial charge in [0.1, 0.15) is 36.1 Å². The third-order valence-electron chi connectivity index (χ3n) is 13.6. The van der Waals surface area contributed by atoms with E-state index < -0.39 is 93.7 Å². The van der Waals surface area contributed by atoms with Crippen molar-refractivity contribution in [2.24, 2.45) is 28.8 Å². The van der Waals surface area contributed by atoms with Crippen molar-refractivity contribution in [1.82, 2.24) is 19.5 Å². The number of hydrazone groups is 1. The third-order valence-corrected chi connectivity index (χ3v) is 13.6. The highest BCUT2D eigenvalue weighted by Crippen LogP contribution is 2.55. The van der Waals surface area contributed by atoms with Gasteiger partial charge in [0.2, 0.25) is 0 Å². The average molecular weight is 962 g/mol. The number of benzene rings is 2. The number of aromatic nitrogens is 2. The Balaban J connectivity index is 1.42. The minimum Gasteiger partial charge on any atom is -0.507 e. The number of ether oxygens (including phenoxy) is 4. The number of nitrogens with zero attached hydrogens (tertiary/aromatic N) is 6. The number of allylic oxidation sites excluding steroid dienone is 2. The zero-order chi connectivity index (χ0) is 50.8. The molecule has 5 bridgehead atoms. The molecule has 69 heavy (non-hydrogen) atoms. The number of fused-ring (bicyclic) bond motifs is 14. The van der Waals surface area contributed by atoms with Crippen molar-refractivity contribution >= 4 is 46.2 Å². The molecule has 1 saturated heterocycles. The van der Waals surface area contributed by atoms with Gasteiger partial charge in [0, 0.05) is 101 Å². The topological polar surface area (TPSA) is 281 Å². The molecule has 7 rings (SSSR count). The first kappa shape index (κ1) is 51.8. The molecule has 0 unspecified atom stereocenters. The summed E-state index contributed by atoms with van der Waals surface area (Å²) in [5.41, 5.74) is -0.617. The number of aliphatic hydroxyl groups is 2. The molecule has 1 fully saturated rings. The van der Waals surface area contributed by atoms with Gasteiger partial charge in [-0.1, -0.05) is 45.9 Å². The molecule has 9 atom stereocenters. The molecule has 0 spiro atoms. The lowest BCUT2D eigenvalue weighted by atomic mass is 9.78. The smallest absolute Gasteiger partial charge is 0.342 e. The van der Waals surface area contributed by atoms with Gasteiger partial charge in [0.15, 0.2) is 11.6 Å². The van der Waals surface area contributed by atoms with Crippen molar-refractivity contribution in [3.05, 3.63) is 75.0 Å². The number of aryl methyl sites for hydroxylation is 1. The van der Waals surface area contributed by atoms with Gasteiger partial charge in [0.05, 0.1) is 53.0 Å². The Labute approximate surface area is 399 Å². The molecular formula is C48H63N7O14. The molecule has 21 nitrogen and oxygen atoms in total. The van der Waals surface area contributed by atoms with Crippen molar-refractivity contribution in [3.63, 3.8) is 0 Å². The molecule has 1 amide bonds. The van der Waals surface area contributed by atoms with Crippen LogP contribution in [-0.4, -0.2) is 144 Å². The van der Waals surface area contributed by atoms with Crippen LogP contribution in [0, 0.1) is 47.6 Å².